The van der Waals surface area contributed by atoms with E-state index in [0.29, 0.717) is 6.54 Å². The van der Waals surface area contributed by atoms with Gasteiger partial charge in [0.1, 0.15) is 6.04 Å². The molecule has 1 unspecified atom stereocenters. The van der Waals surface area contributed by atoms with Gasteiger partial charge in [-0.05, 0) is 56.5 Å². The maximum Gasteiger partial charge on any atom is 0.323 e. The van der Waals surface area contributed by atoms with Crippen LogP contribution in [0.5, 0.6) is 0 Å². The van der Waals surface area contributed by atoms with E-state index < -0.39 is 0 Å². The summed E-state index contributed by atoms with van der Waals surface area (Å²) in [6, 6.07) is 9.54. The van der Waals surface area contributed by atoms with Gasteiger partial charge < -0.3 is 20.2 Å². The van der Waals surface area contributed by atoms with Gasteiger partial charge in [0.05, 0.1) is 11.0 Å². The minimum atomic E-state index is -0.266. The van der Waals surface area contributed by atoms with E-state index >= 15 is 0 Å². The molecule has 1 saturated heterocycles. The summed E-state index contributed by atoms with van der Waals surface area (Å²) in [6.07, 6.45) is 0.743. The van der Waals surface area contributed by atoms with Crippen LogP contribution in [-0.4, -0.2) is 28.5 Å². The lowest BCUT2D eigenvalue weighted by molar-refractivity contribution is -0.117. The lowest BCUT2D eigenvalue weighted by Crippen LogP contribution is -2.34. The molecule has 3 aromatic rings. The van der Waals surface area contributed by atoms with E-state index in [1.54, 1.807) is 0 Å². The largest absolute Gasteiger partial charge is 0.374 e. The standard InChI is InChI=1S/C20H22N4O2/c1-11-8-12(2)18(13(3)9-11)24-7-6-16(19(24)25)21-14-4-5-15-17(10-14)23-20(26)22-15/h4-5,8-10,16,21H,6-7H2,1-3H3,(H2,22,23,26). The molecule has 2 heterocycles. The highest BCUT2D eigenvalue weighted by Gasteiger charge is 2.33. The Labute approximate surface area is 151 Å². The van der Waals surface area contributed by atoms with Gasteiger partial charge in [0.2, 0.25) is 5.91 Å². The molecule has 4 rings (SSSR count). The number of benzene rings is 2. The quantitative estimate of drug-likeness (QED) is 0.679. The molecule has 134 valence electrons. The van der Waals surface area contributed by atoms with Crippen LogP contribution in [0.2, 0.25) is 0 Å². The molecule has 0 saturated carbocycles. The number of anilines is 2. The Morgan fingerprint density at radius 3 is 2.42 bits per heavy atom. The molecular weight excluding hydrogens is 328 g/mol. The average Bonchev–Trinajstić information content (AvgIpc) is 3.10. The van der Waals surface area contributed by atoms with E-state index in [4.69, 9.17) is 0 Å². The minimum Gasteiger partial charge on any atom is -0.374 e. The van der Waals surface area contributed by atoms with Crippen LogP contribution < -0.4 is 15.9 Å². The Hall–Kier alpha value is -3.02. The number of aromatic nitrogens is 2. The van der Waals surface area contributed by atoms with E-state index in [0.717, 1.165) is 40.0 Å². The number of carbonyl (C=O) groups is 1. The number of aromatic amines is 2. The van der Waals surface area contributed by atoms with Crippen molar-refractivity contribution in [1.82, 2.24) is 9.97 Å². The number of H-pyrrole nitrogens is 2. The molecular formula is C20H22N4O2. The van der Waals surface area contributed by atoms with Crippen molar-refractivity contribution in [3.05, 3.63) is 57.5 Å². The van der Waals surface area contributed by atoms with Crippen molar-refractivity contribution in [2.75, 3.05) is 16.8 Å². The van der Waals surface area contributed by atoms with Crippen LogP contribution in [0.4, 0.5) is 11.4 Å². The second-order valence-electron chi connectivity index (χ2n) is 7.06. The summed E-state index contributed by atoms with van der Waals surface area (Å²) in [6.45, 7) is 6.88. The first kappa shape index (κ1) is 16.4. The molecule has 0 radical (unpaired) electrons. The van der Waals surface area contributed by atoms with Crippen molar-refractivity contribution in [1.29, 1.82) is 0 Å². The van der Waals surface area contributed by atoms with Gasteiger partial charge in [0.15, 0.2) is 0 Å². The van der Waals surface area contributed by atoms with Crippen molar-refractivity contribution in [3.8, 4) is 0 Å². The van der Waals surface area contributed by atoms with Crippen LogP contribution in [0, 0.1) is 20.8 Å². The highest BCUT2D eigenvalue weighted by atomic mass is 16.2. The molecule has 1 fully saturated rings. The van der Waals surface area contributed by atoms with E-state index in [-0.39, 0.29) is 17.6 Å². The van der Waals surface area contributed by atoms with Gasteiger partial charge in [-0.1, -0.05) is 17.7 Å². The number of hydrogen-bond donors (Lipinski definition) is 3. The maximum atomic E-state index is 13.0. The molecule has 3 N–H and O–H groups in total. The number of hydrogen-bond acceptors (Lipinski definition) is 3. The number of amides is 1. The Kier molecular flexibility index (Phi) is 3.83. The average molecular weight is 350 g/mol. The molecule has 26 heavy (non-hydrogen) atoms. The van der Waals surface area contributed by atoms with Gasteiger partial charge in [-0.2, -0.15) is 0 Å². The monoisotopic (exact) mass is 350 g/mol. The van der Waals surface area contributed by atoms with Gasteiger partial charge in [-0.25, -0.2) is 4.79 Å². The zero-order valence-electron chi connectivity index (χ0n) is 15.1. The fourth-order valence-corrected chi connectivity index (χ4v) is 3.96. The fraction of sp³-hybridized carbons (Fsp3) is 0.300. The zero-order valence-corrected chi connectivity index (χ0v) is 15.1. The summed E-state index contributed by atoms with van der Waals surface area (Å²) in [5.74, 6) is 0.0858. The summed E-state index contributed by atoms with van der Waals surface area (Å²) < 4.78 is 0. The van der Waals surface area contributed by atoms with Crippen LogP contribution in [0.3, 0.4) is 0 Å². The van der Waals surface area contributed by atoms with Crippen LogP contribution in [-0.2, 0) is 4.79 Å². The zero-order chi connectivity index (χ0) is 18.4. The van der Waals surface area contributed by atoms with Crippen molar-refractivity contribution in [2.45, 2.75) is 33.2 Å². The second kappa shape index (κ2) is 6.05. The van der Waals surface area contributed by atoms with Crippen molar-refractivity contribution >= 4 is 28.3 Å². The van der Waals surface area contributed by atoms with Crippen molar-refractivity contribution in [3.63, 3.8) is 0 Å². The number of nitrogens with one attached hydrogen (secondary N) is 3. The number of nitrogens with zero attached hydrogens (tertiary/aromatic N) is 1. The summed E-state index contributed by atoms with van der Waals surface area (Å²) in [7, 11) is 0. The smallest absolute Gasteiger partial charge is 0.323 e. The number of aryl methyl sites for hydroxylation is 3. The lowest BCUT2D eigenvalue weighted by Gasteiger charge is -2.22. The van der Waals surface area contributed by atoms with Gasteiger partial charge in [0, 0.05) is 17.9 Å². The Morgan fingerprint density at radius 2 is 1.69 bits per heavy atom. The topological polar surface area (TPSA) is 81.0 Å². The molecule has 1 aliphatic heterocycles. The molecule has 1 aromatic heterocycles. The molecule has 0 aliphatic carbocycles. The summed E-state index contributed by atoms with van der Waals surface area (Å²) in [5, 5.41) is 3.31. The van der Waals surface area contributed by atoms with E-state index in [1.165, 1.54) is 5.56 Å². The fourth-order valence-electron chi connectivity index (χ4n) is 3.96. The van der Waals surface area contributed by atoms with Gasteiger partial charge in [-0.15, -0.1) is 0 Å². The molecule has 1 aliphatic rings. The van der Waals surface area contributed by atoms with Gasteiger partial charge in [0.25, 0.3) is 0 Å². The highest BCUT2D eigenvalue weighted by Crippen LogP contribution is 2.31. The molecule has 6 nitrogen and oxygen atoms in total. The van der Waals surface area contributed by atoms with Crippen LogP contribution in [0.1, 0.15) is 23.1 Å². The normalized spacial score (nSPS) is 17.3. The van der Waals surface area contributed by atoms with E-state index in [1.807, 2.05) is 23.1 Å². The SMILES string of the molecule is Cc1cc(C)c(N2CCC(Nc3ccc4[nH]c(=O)[nH]c4c3)C2=O)c(C)c1. The van der Waals surface area contributed by atoms with Gasteiger partial charge in [-0.3, -0.25) is 4.79 Å². The molecule has 2 aromatic carbocycles. The molecule has 0 spiro atoms. The third-order valence-corrected chi connectivity index (χ3v) is 4.97. The van der Waals surface area contributed by atoms with Crippen LogP contribution in [0.25, 0.3) is 11.0 Å². The molecule has 1 atom stereocenters. The van der Waals surface area contributed by atoms with Crippen molar-refractivity contribution in [2.24, 2.45) is 0 Å². The summed E-state index contributed by atoms with van der Waals surface area (Å²) in [4.78, 5) is 31.7. The van der Waals surface area contributed by atoms with Crippen molar-refractivity contribution < 1.29 is 4.79 Å². The number of fused-ring (bicyclic) bond motifs is 1. The minimum absolute atomic E-state index is 0.0858. The Balaban J connectivity index is 1.58. The van der Waals surface area contributed by atoms with Crippen LogP contribution >= 0.6 is 0 Å². The third-order valence-electron chi connectivity index (χ3n) is 4.97. The van der Waals surface area contributed by atoms with E-state index in [2.05, 4.69) is 48.2 Å². The number of carbonyl (C=O) groups excluding carboxylic acids is 1. The number of imidazole rings is 1. The Bertz CT molecular complexity index is 1040. The first-order valence-electron chi connectivity index (χ1n) is 8.80. The lowest BCUT2D eigenvalue weighted by atomic mass is 10.0. The van der Waals surface area contributed by atoms with Gasteiger partial charge >= 0.3 is 5.69 Å². The number of rotatable bonds is 3. The predicted molar refractivity (Wildman–Crippen MR) is 104 cm³/mol. The summed E-state index contributed by atoms with van der Waals surface area (Å²) >= 11 is 0. The molecule has 6 heteroatoms. The molecule has 0 bridgehead atoms. The first-order valence-corrected chi connectivity index (χ1v) is 8.80. The van der Waals surface area contributed by atoms with Crippen LogP contribution in [0.15, 0.2) is 35.1 Å². The third kappa shape index (κ3) is 2.77. The maximum absolute atomic E-state index is 13.0. The first-order chi connectivity index (χ1) is 12.4. The summed E-state index contributed by atoms with van der Waals surface area (Å²) in [5.41, 5.74) is 6.56. The molecule has 1 amide bonds. The highest BCUT2D eigenvalue weighted by molar-refractivity contribution is 6.02. The second-order valence-corrected chi connectivity index (χ2v) is 7.06. The van der Waals surface area contributed by atoms with E-state index in [9.17, 15) is 9.59 Å². The Morgan fingerprint density at radius 1 is 1.00 bits per heavy atom. The predicted octanol–water partition coefficient (Wildman–Crippen LogP) is 3.00.